The Morgan fingerprint density at radius 2 is 1.73 bits per heavy atom. The maximum atomic E-state index is 13.1. The van der Waals surface area contributed by atoms with Gasteiger partial charge in [-0.25, -0.2) is 29.5 Å². The zero-order chi connectivity index (χ0) is 34.7. The summed E-state index contributed by atoms with van der Waals surface area (Å²) in [6, 6.07) is 13.9. The van der Waals surface area contributed by atoms with Crippen molar-refractivity contribution in [2.24, 2.45) is 5.41 Å². The summed E-state index contributed by atoms with van der Waals surface area (Å²) < 4.78 is 5.79. The van der Waals surface area contributed by atoms with Crippen LogP contribution in [-0.2, 0) is 9.53 Å². The Balaban J connectivity index is 1.24. The van der Waals surface area contributed by atoms with Crippen molar-refractivity contribution in [3.63, 3.8) is 0 Å². The third-order valence-corrected chi connectivity index (χ3v) is 9.08. The highest BCUT2D eigenvalue weighted by Gasteiger charge is 2.39. The molecule has 1 aromatic carbocycles. The number of nitrogens with zero attached hydrogens (tertiary/aromatic N) is 7. The molecule has 6 rings (SSSR count). The van der Waals surface area contributed by atoms with Gasteiger partial charge in [-0.1, -0.05) is 39.0 Å². The number of anilines is 4. The second-order valence-electron chi connectivity index (χ2n) is 13.6. The highest BCUT2D eigenvalue weighted by Crippen LogP contribution is 2.32. The Hall–Kier alpha value is -5.33. The molecule has 256 valence electrons. The molecule has 2 aliphatic heterocycles. The van der Waals surface area contributed by atoms with Crippen molar-refractivity contribution >= 4 is 52.1 Å². The summed E-state index contributed by atoms with van der Waals surface area (Å²) in [4.78, 5) is 62.0. The first-order chi connectivity index (χ1) is 23.5. The summed E-state index contributed by atoms with van der Waals surface area (Å²) in [6.07, 6.45) is 5.03. The van der Waals surface area contributed by atoms with E-state index in [-0.39, 0.29) is 36.9 Å². The monoisotopic (exact) mass is 666 g/mol. The molecule has 2 unspecified atom stereocenters. The molecule has 5 heterocycles. The Kier molecular flexibility index (Phi) is 9.61. The van der Waals surface area contributed by atoms with Crippen molar-refractivity contribution in [3.05, 3.63) is 72.2 Å². The van der Waals surface area contributed by atoms with Crippen molar-refractivity contribution in [2.75, 3.05) is 41.3 Å². The summed E-state index contributed by atoms with van der Waals surface area (Å²) in [5.74, 6) is 0.960. The van der Waals surface area contributed by atoms with Crippen LogP contribution in [0.5, 0.6) is 0 Å². The van der Waals surface area contributed by atoms with Crippen LogP contribution in [0.15, 0.2) is 60.9 Å². The SMILES string of the molecule is CC(OC(=O)c1ccccc1)c1cc2cnc(Nc3ccc(N4CC(C(C)(C)C)N(C(=O)O)CCC4=O)cn3)nc2c(N2CCCCC2)n1. The van der Waals surface area contributed by atoms with Crippen LogP contribution >= 0.6 is 0 Å². The number of benzene rings is 1. The Labute approximate surface area is 285 Å². The van der Waals surface area contributed by atoms with Crippen LogP contribution in [0, 0.1) is 5.41 Å². The molecule has 13 nitrogen and oxygen atoms in total. The molecule has 2 N–H and O–H groups in total. The molecule has 2 atom stereocenters. The molecule has 4 aromatic rings. The summed E-state index contributed by atoms with van der Waals surface area (Å²) in [5.41, 5.74) is 1.97. The number of fused-ring (bicyclic) bond motifs is 1. The van der Waals surface area contributed by atoms with Crippen LogP contribution in [0.1, 0.15) is 75.5 Å². The fourth-order valence-corrected chi connectivity index (χ4v) is 6.33. The minimum Gasteiger partial charge on any atom is -0.465 e. The zero-order valence-corrected chi connectivity index (χ0v) is 28.3. The minimum atomic E-state index is -1.03. The quantitative estimate of drug-likeness (QED) is 0.217. The van der Waals surface area contributed by atoms with E-state index in [2.05, 4.69) is 20.2 Å². The lowest BCUT2D eigenvalue weighted by Crippen LogP contribution is -2.51. The predicted molar refractivity (Wildman–Crippen MR) is 186 cm³/mol. The van der Waals surface area contributed by atoms with E-state index in [1.807, 2.05) is 39.8 Å². The highest BCUT2D eigenvalue weighted by molar-refractivity contribution is 5.94. The molecule has 0 radical (unpaired) electrons. The second-order valence-corrected chi connectivity index (χ2v) is 13.6. The smallest absolute Gasteiger partial charge is 0.407 e. The van der Waals surface area contributed by atoms with Crippen LogP contribution in [0.4, 0.5) is 28.1 Å². The van der Waals surface area contributed by atoms with Crippen LogP contribution < -0.4 is 15.1 Å². The number of carbonyl (C=O) groups is 3. The highest BCUT2D eigenvalue weighted by atomic mass is 16.5. The summed E-state index contributed by atoms with van der Waals surface area (Å²) in [6.45, 7) is 9.80. The van der Waals surface area contributed by atoms with Crippen molar-refractivity contribution in [3.8, 4) is 0 Å². The van der Waals surface area contributed by atoms with Crippen LogP contribution in [0.25, 0.3) is 10.9 Å². The lowest BCUT2D eigenvalue weighted by atomic mass is 9.85. The number of esters is 1. The maximum Gasteiger partial charge on any atom is 0.407 e. The van der Waals surface area contributed by atoms with Crippen molar-refractivity contribution in [2.45, 2.75) is 65.5 Å². The molecule has 49 heavy (non-hydrogen) atoms. The van der Waals surface area contributed by atoms with E-state index < -0.39 is 18.2 Å². The zero-order valence-electron chi connectivity index (χ0n) is 28.3. The third kappa shape index (κ3) is 7.55. The van der Waals surface area contributed by atoms with Gasteiger partial charge in [-0.05, 0) is 61.9 Å². The van der Waals surface area contributed by atoms with Gasteiger partial charge in [-0.2, -0.15) is 0 Å². The van der Waals surface area contributed by atoms with E-state index in [0.717, 1.165) is 37.7 Å². The lowest BCUT2D eigenvalue weighted by Gasteiger charge is -2.38. The van der Waals surface area contributed by atoms with Gasteiger partial charge in [0.15, 0.2) is 5.82 Å². The van der Waals surface area contributed by atoms with E-state index in [1.54, 1.807) is 53.7 Å². The predicted octanol–water partition coefficient (Wildman–Crippen LogP) is 6.20. The number of aromatic nitrogens is 4. The Bertz CT molecular complexity index is 1820. The standard InChI is InChI=1S/C36H42N8O5/c1-23(49-33(46)24-11-7-5-8-12-24)27-19-25-20-38-34(41-31(25)32(39-27)42-16-9-6-10-17-42)40-29-14-13-26(21-37-29)44-22-28(36(2,3)4)43(35(47)48)18-15-30(44)45/h5,7-8,11-14,19-21,23,28H,6,9-10,15-18,22H2,1-4H3,(H,47,48)(H,37,38,40,41). The van der Waals surface area contributed by atoms with Crippen LogP contribution in [-0.4, -0.2) is 80.1 Å². The summed E-state index contributed by atoms with van der Waals surface area (Å²) in [5, 5.41) is 13.8. The van der Waals surface area contributed by atoms with Gasteiger partial charge in [0.1, 0.15) is 17.4 Å². The maximum absolute atomic E-state index is 13.1. The van der Waals surface area contributed by atoms with Gasteiger partial charge < -0.3 is 29.9 Å². The van der Waals surface area contributed by atoms with Crippen molar-refractivity contribution < 1.29 is 24.2 Å². The number of ether oxygens (including phenoxy) is 1. The molecule has 3 aromatic heterocycles. The Morgan fingerprint density at radius 3 is 2.41 bits per heavy atom. The van der Waals surface area contributed by atoms with E-state index in [9.17, 15) is 19.5 Å². The molecule has 2 saturated heterocycles. The fraction of sp³-hybridized carbons (Fsp3) is 0.417. The first-order valence-corrected chi connectivity index (χ1v) is 16.7. The van der Waals surface area contributed by atoms with Gasteiger partial charge >= 0.3 is 12.1 Å². The van der Waals surface area contributed by atoms with Gasteiger partial charge in [0.2, 0.25) is 11.9 Å². The van der Waals surface area contributed by atoms with Crippen LogP contribution in [0.3, 0.4) is 0 Å². The molecular formula is C36H42N8O5. The van der Waals surface area contributed by atoms with E-state index in [1.165, 1.54) is 4.90 Å². The minimum absolute atomic E-state index is 0.0904. The number of rotatable bonds is 7. The largest absolute Gasteiger partial charge is 0.465 e. The topological polar surface area (TPSA) is 154 Å². The molecule has 2 fully saturated rings. The van der Waals surface area contributed by atoms with Crippen molar-refractivity contribution in [1.82, 2.24) is 24.8 Å². The van der Waals surface area contributed by atoms with Gasteiger partial charge in [0, 0.05) is 44.2 Å². The molecular weight excluding hydrogens is 624 g/mol. The summed E-state index contributed by atoms with van der Waals surface area (Å²) in [7, 11) is 0. The number of carboxylic acid groups (broad SMARTS) is 1. The van der Waals surface area contributed by atoms with Gasteiger partial charge in [-0.3, -0.25) is 4.79 Å². The average molecular weight is 667 g/mol. The average Bonchev–Trinajstić information content (AvgIpc) is 3.28. The normalized spacial score (nSPS) is 17.8. The van der Waals surface area contributed by atoms with E-state index >= 15 is 0 Å². The molecule has 0 spiro atoms. The number of hydrogen-bond donors (Lipinski definition) is 2. The van der Waals surface area contributed by atoms with Crippen molar-refractivity contribution in [1.29, 1.82) is 0 Å². The number of piperidine rings is 1. The van der Waals surface area contributed by atoms with Crippen LogP contribution in [0.2, 0.25) is 0 Å². The van der Waals surface area contributed by atoms with Gasteiger partial charge in [0.05, 0.1) is 29.2 Å². The summed E-state index contributed by atoms with van der Waals surface area (Å²) >= 11 is 0. The molecule has 2 aliphatic rings. The number of carbonyl (C=O) groups excluding carboxylic acids is 2. The third-order valence-electron chi connectivity index (χ3n) is 9.08. The molecule has 13 heteroatoms. The second kappa shape index (κ2) is 14.0. The number of hydrogen-bond acceptors (Lipinski definition) is 10. The Morgan fingerprint density at radius 1 is 0.980 bits per heavy atom. The molecule has 0 aliphatic carbocycles. The van der Waals surface area contributed by atoms with E-state index in [4.69, 9.17) is 14.7 Å². The fourth-order valence-electron chi connectivity index (χ4n) is 6.33. The molecule has 2 amide bonds. The number of nitrogens with one attached hydrogen (secondary N) is 1. The first kappa shape index (κ1) is 33.6. The van der Waals surface area contributed by atoms with Gasteiger partial charge in [0.25, 0.3) is 0 Å². The first-order valence-electron chi connectivity index (χ1n) is 16.7. The number of amides is 2. The number of pyridine rings is 2. The lowest BCUT2D eigenvalue weighted by molar-refractivity contribution is -0.118. The molecule has 0 bridgehead atoms. The van der Waals surface area contributed by atoms with Gasteiger partial charge in [-0.15, -0.1) is 0 Å². The molecule has 0 saturated carbocycles. The van der Waals surface area contributed by atoms with E-state index in [0.29, 0.717) is 40.0 Å².